The molecule has 1 atom stereocenters. The average molecular weight is 275 g/mol. The molecule has 0 aromatic carbocycles. The average Bonchev–Trinajstić information content (AvgIpc) is 2.48. The van der Waals surface area contributed by atoms with Crippen LogP contribution in [0.2, 0.25) is 0 Å². The molecule has 2 heterocycles. The van der Waals surface area contributed by atoms with Gasteiger partial charge in [-0.25, -0.2) is 10.4 Å². The van der Waals surface area contributed by atoms with Gasteiger partial charge >= 0.3 is 0 Å². The van der Waals surface area contributed by atoms with Gasteiger partial charge in [-0.05, 0) is 18.1 Å². The Morgan fingerprint density at radius 2 is 2.00 bits per heavy atom. The minimum absolute atomic E-state index is 0.355. The first-order valence-electron chi connectivity index (χ1n) is 6.02. The van der Waals surface area contributed by atoms with Crippen molar-refractivity contribution in [1.82, 2.24) is 20.4 Å². The zero-order valence-electron chi connectivity index (χ0n) is 11.6. The van der Waals surface area contributed by atoms with Crippen LogP contribution >= 0.6 is 0 Å². The molecule has 7 nitrogen and oxygen atoms in total. The molecule has 7 heteroatoms. The zero-order valence-corrected chi connectivity index (χ0v) is 11.6. The summed E-state index contributed by atoms with van der Waals surface area (Å²) < 4.78 is 10.3. The summed E-state index contributed by atoms with van der Waals surface area (Å²) in [5.74, 6) is 6.38. The van der Waals surface area contributed by atoms with Crippen LogP contribution in [0.5, 0.6) is 11.8 Å². The number of methoxy groups -OCH3 is 2. The Balaban J connectivity index is 2.46. The molecule has 0 saturated carbocycles. The maximum atomic E-state index is 5.65. The number of aryl methyl sites for hydroxylation is 1. The summed E-state index contributed by atoms with van der Waals surface area (Å²) in [6.07, 6.45) is 5.02. The maximum Gasteiger partial charge on any atom is 0.240 e. The first-order chi connectivity index (χ1) is 9.69. The number of nitrogens with zero attached hydrogens (tertiary/aromatic N) is 3. The molecular weight excluding hydrogens is 258 g/mol. The summed E-state index contributed by atoms with van der Waals surface area (Å²) in [4.78, 5) is 12.7. The van der Waals surface area contributed by atoms with Gasteiger partial charge in [0.1, 0.15) is 5.69 Å². The lowest BCUT2D eigenvalue weighted by Crippen LogP contribution is -2.30. The van der Waals surface area contributed by atoms with E-state index in [9.17, 15) is 0 Å². The molecule has 2 aromatic rings. The standard InChI is InChI=1S/C13H17N5O2/c1-8-4-9(6-15-5-8)11(18-14)12-13(20-3)17-10(19-2)7-16-12/h4-7,11,18H,14H2,1-3H3. The normalized spacial score (nSPS) is 12.0. The lowest BCUT2D eigenvalue weighted by molar-refractivity contribution is 0.352. The molecule has 2 aromatic heterocycles. The Hall–Kier alpha value is -2.25. The van der Waals surface area contributed by atoms with E-state index in [0.717, 1.165) is 11.1 Å². The maximum absolute atomic E-state index is 5.65. The van der Waals surface area contributed by atoms with Crippen LogP contribution in [0.25, 0.3) is 0 Å². The summed E-state index contributed by atoms with van der Waals surface area (Å²) >= 11 is 0. The van der Waals surface area contributed by atoms with Crippen LogP contribution in [-0.2, 0) is 0 Å². The number of nitrogens with two attached hydrogens (primary N) is 1. The lowest BCUT2D eigenvalue weighted by atomic mass is 10.1. The molecule has 1 unspecified atom stereocenters. The van der Waals surface area contributed by atoms with Gasteiger partial charge in [0.25, 0.3) is 0 Å². The van der Waals surface area contributed by atoms with E-state index >= 15 is 0 Å². The zero-order chi connectivity index (χ0) is 14.5. The van der Waals surface area contributed by atoms with Crippen molar-refractivity contribution >= 4 is 0 Å². The van der Waals surface area contributed by atoms with Crippen LogP contribution in [0, 0.1) is 6.92 Å². The van der Waals surface area contributed by atoms with Crippen LogP contribution in [0.3, 0.4) is 0 Å². The molecular formula is C13H17N5O2. The highest BCUT2D eigenvalue weighted by atomic mass is 16.5. The van der Waals surface area contributed by atoms with E-state index in [1.807, 2.05) is 13.0 Å². The van der Waals surface area contributed by atoms with Crippen LogP contribution in [0.4, 0.5) is 0 Å². The summed E-state index contributed by atoms with van der Waals surface area (Å²) in [7, 11) is 3.04. The molecule has 0 aliphatic heterocycles. The SMILES string of the molecule is COc1cnc(C(NN)c2cncc(C)c2)c(OC)n1. The highest BCUT2D eigenvalue weighted by Crippen LogP contribution is 2.27. The van der Waals surface area contributed by atoms with Gasteiger partial charge in [0.2, 0.25) is 11.8 Å². The molecule has 106 valence electrons. The molecule has 20 heavy (non-hydrogen) atoms. The first-order valence-corrected chi connectivity index (χ1v) is 6.02. The molecule has 0 radical (unpaired) electrons. The van der Waals surface area contributed by atoms with Crippen molar-refractivity contribution in [3.63, 3.8) is 0 Å². The number of rotatable bonds is 5. The van der Waals surface area contributed by atoms with Crippen molar-refractivity contribution in [1.29, 1.82) is 0 Å². The Labute approximate surface area is 117 Å². The van der Waals surface area contributed by atoms with E-state index in [-0.39, 0.29) is 6.04 Å². The fraction of sp³-hybridized carbons (Fsp3) is 0.308. The summed E-state index contributed by atoms with van der Waals surface area (Å²) in [6, 6.07) is 1.61. The number of hydrogen-bond donors (Lipinski definition) is 2. The molecule has 0 amide bonds. The van der Waals surface area contributed by atoms with Gasteiger partial charge in [0.15, 0.2) is 0 Å². The second-order valence-corrected chi connectivity index (χ2v) is 4.20. The molecule has 0 aliphatic rings. The summed E-state index contributed by atoms with van der Waals surface area (Å²) in [6.45, 7) is 1.96. The van der Waals surface area contributed by atoms with Gasteiger partial charge in [0.05, 0.1) is 26.5 Å². The third-order valence-electron chi connectivity index (χ3n) is 2.82. The molecule has 0 bridgehead atoms. The topological polar surface area (TPSA) is 95.2 Å². The smallest absolute Gasteiger partial charge is 0.240 e. The van der Waals surface area contributed by atoms with Crippen molar-refractivity contribution in [3.8, 4) is 11.8 Å². The summed E-state index contributed by atoms with van der Waals surface area (Å²) in [5.41, 5.74) is 5.19. The fourth-order valence-corrected chi connectivity index (χ4v) is 1.88. The fourth-order valence-electron chi connectivity index (χ4n) is 1.88. The van der Waals surface area contributed by atoms with E-state index < -0.39 is 0 Å². The number of hydrazine groups is 1. The molecule has 0 fully saturated rings. The lowest BCUT2D eigenvalue weighted by Gasteiger charge is -2.18. The van der Waals surface area contributed by atoms with Gasteiger partial charge in [0, 0.05) is 12.4 Å². The third kappa shape index (κ3) is 2.84. The van der Waals surface area contributed by atoms with E-state index in [4.69, 9.17) is 15.3 Å². The molecule has 2 rings (SSSR count). The number of nitrogens with one attached hydrogen (secondary N) is 1. The monoisotopic (exact) mass is 275 g/mol. The second-order valence-electron chi connectivity index (χ2n) is 4.20. The molecule has 0 spiro atoms. The Morgan fingerprint density at radius 3 is 2.60 bits per heavy atom. The minimum atomic E-state index is -0.365. The largest absolute Gasteiger partial charge is 0.480 e. The van der Waals surface area contributed by atoms with E-state index in [2.05, 4.69) is 20.4 Å². The van der Waals surface area contributed by atoms with E-state index in [1.54, 1.807) is 12.4 Å². The minimum Gasteiger partial charge on any atom is -0.480 e. The highest BCUT2D eigenvalue weighted by molar-refractivity contribution is 5.34. The Morgan fingerprint density at radius 1 is 1.20 bits per heavy atom. The van der Waals surface area contributed by atoms with Crippen LogP contribution in [-0.4, -0.2) is 29.2 Å². The third-order valence-corrected chi connectivity index (χ3v) is 2.82. The number of hydrogen-bond acceptors (Lipinski definition) is 7. The van der Waals surface area contributed by atoms with Crippen molar-refractivity contribution in [2.24, 2.45) is 5.84 Å². The Kier molecular flexibility index (Phi) is 4.44. The van der Waals surface area contributed by atoms with Gasteiger partial charge in [-0.2, -0.15) is 4.98 Å². The van der Waals surface area contributed by atoms with Crippen molar-refractivity contribution in [3.05, 3.63) is 41.5 Å². The van der Waals surface area contributed by atoms with Gasteiger partial charge in [-0.3, -0.25) is 10.8 Å². The van der Waals surface area contributed by atoms with Crippen LogP contribution in [0.1, 0.15) is 22.9 Å². The molecule has 0 saturated heterocycles. The molecule has 3 N–H and O–H groups in total. The van der Waals surface area contributed by atoms with Gasteiger partial charge in [-0.1, -0.05) is 6.07 Å². The van der Waals surface area contributed by atoms with Crippen molar-refractivity contribution in [2.45, 2.75) is 13.0 Å². The Bertz CT molecular complexity index is 591. The quantitative estimate of drug-likeness (QED) is 0.614. The van der Waals surface area contributed by atoms with Gasteiger partial charge in [-0.15, -0.1) is 0 Å². The van der Waals surface area contributed by atoms with Crippen molar-refractivity contribution in [2.75, 3.05) is 14.2 Å². The molecule has 0 aliphatic carbocycles. The second kappa shape index (κ2) is 6.27. The predicted molar refractivity (Wildman–Crippen MR) is 73.3 cm³/mol. The highest BCUT2D eigenvalue weighted by Gasteiger charge is 2.21. The summed E-state index contributed by atoms with van der Waals surface area (Å²) in [5, 5.41) is 0. The number of pyridine rings is 1. The first kappa shape index (κ1) is 14.2. The van der Waals surface area contributed by atoms with Gasteiger partial charge < -0.3 is 9.47 Å². The van der Waals surface area contributed by atoms with E-state index in [1.165, 1.54) is 20.4 Å². The predicted octanol–water partition coefficient (Wildman–Crippen LogP) is 0.750. The van der Waals surface area contributed by atoms with E-state index in [0.29, 0.717) is 17.5 Å². The van der Waals surface area contributed by atoms with Crippen LogP contribution < -0.4 is 20.7 Å². The van der Waals surface area contributed by atoms with Crippen LogP contribution in [0.15, 0.2) is 24.7 Å². The number of aromatic nitrogens is 3. The number of ether oxygens (including phenoxy) is 2. The van der Waals surface area contributed by atoms with Crippen molar-refractivity contribution < 1.29 is 9.47 Å².